The number of sulfone groups is 1. The van der Waals surface area contributed by atoms with Crippen molar-refractivity contribution in [2.45, 2.75) is 30.3 Å². The van der Waals surface area contributed by atoms with Gasteiger partial charge in [0.25, 0.3) is 0 Å². The fourth-order valence-electron chi connectivity index (χ4n) is 2.61. The molecule has 0 radical (unpaired) electrons. The second-order valence-electron chi connectivity index (χ2n) is 6.18. The normalized spacial score (nSPS) is 17.2. The first-order chi connectivity index (χ1) is 12.4. The molecule has 3 rings (SSSR count). The minimum absolute atomic E-state index is 0.0742. The van der Waals surface area contributed by atoms with Crippen molar-refractivity contribution < 1.29 is 17.9 Å². The van der Waals surface area contributed by atoms with Crippen molar-refractivity contribution >= 4 is 37.9 Å². The van der Waals surface area contributed by atoms with E-state index < -0.39 is 9.84 Å². The summed E-state index contributed by atoms with van der Waals surface area (Å²) in [6.45, 7) is 1.31. The minimum Gasteiger partial charge on any atom is -0.376 e. The summed E-state index contributed by atoms with van der Waals surface area (Å²) in [5.41, 5.74) is 1.43. The van der Waals surface area contributed by atoms with Crippen molar-refractivity contribution in [1.82, 2.24) is 10.3 Å². The summed E-state index contributed by atoms with van der Waals surface area (Å²) < 4.78 is 28.4. The van der Waals surface area contributed by atoms with E-state index in [4.69, 9.17) is 4.74 Å². The molecule has 1 aliphatic rings. The lowest BCUT2D eigenvalue weighted by Gasteiger charge is -2.10. The molecule has 1 saturated heterocycles. The van der Waals surface area contributed by atoms with E-state index in [-0.39, 0.29) is 23.3 Å². The van der Waals surface area contributed by atoms with Crippen molar-refractivity contribution in [3.63, 3.8) is 0 Å². The van der Waals surface area contributed by atoms with Crippen molar-refractivity contribution in [3.8, 4) is 0 Å². The molecule has 1 unspecified atom stereocenters. The monoisotopic (exact) mass is 395 g/mol. The predicted octanol–water partition coefficient (Wildman–Crippen LogP) is 2.13. The average molecular weight is 396 g/mol. The van der Waals surface area contributed by atoms with Gasteiger partial charge in [0, 0.05) is 30.5 Å². The number of hydrogen-bond donors (Lipinski definition) is 2. The molecule has 1 aromatic heterocycles. The van der Waals surface area contributed by atoms with E-state index in [2.05, 4.69) is 15.6 Å². The SMILES string of the molecule is CS(=O)(=O)c1ccc(Nc2nc(CC(=O)NCC3CCCO3)cs2)cc1. The van der Waals surface area contributed by atoms with Gasteiger partial charge in [0.15, 0.2) is 15.0 Å². The van der Waals surface area contributed by atoms with Crippen LogP contribution < -0.4 is 10.6 Å². The average Bonchev–Trinajstić information content (AvgIpc) is 3.25. The van der Waals surface area contributed by atoms with Crippen molar-refractivity contribution in [2.75, 3.05) is 24.7 Å². The molecule has 1 atom stereocenters. The maximum Gasteiger partial charge on any atom is 0.226 e. The van der Waals surface area contributed by atoms with Gasteiger partial charge in [-0.15, -0.1) is 11.3 Å². The third-order valence-electron chi connectivity index (χ3n) is 3.98. The Hall–Kier alpha value is -1.97. The third-order valence-corrected chi connectivity index (χ3v) is 5.91. The molecule has 26 heavy (non-hydrogen) atoms. The molecular formula is C17H21N3O4S2. The Labute approximate surface area is 156 Å². The fourth-order valence-corrected chi connectivity index (χ4v) is 3.98. The molecule has 2 heterocycles. The van der Waals surface area contributed by atoms with Crippen LogP contribution in [0.4, 0.5) is 10.8 Å². The summed E-state index contributed by atoms with van der Waals surface area (Å²) >= 11 is 1.39. The Kier molecular flexibility index (Phi) is 5.90. The topological polar surface area (TPSA) is 97.4 Å². The highest BCUT2D eigenvalue weighted by Gasteiger charge is 2.16. The number of benzene rings is 1. The smallest absolute Gasteiger partial charge is 0.226 e. The first-order valence-corrected chi connectivity index (χ1v) is 11.1. The first-order valence-electron chi connectivity index (χ1n) is 8.30. The molecular weight excluding hydrogens is 374 g/mol. The zero-order valence-corrected chi connectivity index (χ0v) is 16.0. The number of carbonyl (C=O) groups excluding carboxylic acids is 1. The predicted molar refractivity (Wildman–Crippen MR) is 101 cm³/mol. The summed E-state index contributed by atoms with van der Waals surface area (Å²) in [6, 6.07) is 6.47. The van der Waals surface area contributed by atoms with Crippen LogP contribution >= 0.6 is 11.3 Å². The van der Waals surface area contributed by atoms with Gasteiger partial charge in [-0.25, -0.2) is 13.4 Å². The van der Waals surface area contributed by atoms with Crippen LogP contribution in [0.2, 0.25) is 0 Å². The van der Waals surface area contributed by atoms with Gasteiger partial charge in [-0.2, -0.15) is 0 Å². The number of amides is 1. The first kappa shape index (κ1) is 18.8. The Balaban J connectivity index is 1.51. The zero-order valence-electron chi connectivity index (χ0n) is 14.4. The second kappa shape index (κ2) is 8.15. The molecule has 1 aromatic carbocycles. The van der Waals surface area contributed by atoms with Gasteiger partial charge in [-0.3, -0.25) is 4.79 Å². The van der Waals surface area contributed by atoms with Gasteiger partial charge in [-0.1, -0.05) is 0 Å². The van der Waals surface area contributed by atoms with E-state index in [0.717, 1.165) is 25.1 Å². The molecule has 0 saturated carbocycles. The number of carbonyl (C=O) groups is 1. The van der Waals surface area contributed by atoms with Gasteiger partial charge in [0.1, 0.15) is 0 Å². The van der Waals surface area contributed by atoms with E-state index in [0.29, 0.717) is 17.4 Å². The van der Waals surface area contributed by atoms with Crippen LogP contribution in [0, 0.1) is 0 Å². The highest BCUT2D eigenvalue weighted by atomic mass is 32.2. The maximum absolute atomic E-state index is 12.0. The maximum atomic E-state index is 12.0. The third kappa shape index (κ3) is 5.26. The number of nitrogens with zero attached hydrogens (tertiary/aromatic N) is 1. The minimum atomic E-state index is -3.21. The number of aromatic nitrogens is 1. The summed E-state index contributed by atoms with van der Waals surface area (Å²) in [5.74, 6) is -0.0742. The molecule has 0 spiro atoms. The van der Waals surface area contributed by atoms with E-state index in [9.17, 15) is 13.2 Å². The van der Waals surface area contributed by atoms with Crippen molar-refractivity contribution in [3.05, 3.63) is 35.3 Å². The standard InChI is InChI=1S/C17H21N3O4S2/c1-26(22,23)15-6-4-12(5-7-15)19-17-20-13(11-25-17)9-16(21)18-10-14-3-2-8-24-14/h4-7,11,14H,2-3,8-10H2,1H3,(H,18,21)(H,19,20). The highest BCUT2D eigenvalue weighted by molar-refractivity contribution is 7.90. The number of anilines is 2. The lowest BCUT2D eigenvalue weighted by atomic mass is 10.2. The molecule has 2 N–H and O–H groups in total. The van der Waals surface area contributed by atoms with Crippen molar-refractivity contribution in [1.29, 1.82) is 0 Å². The van der Waals surface area contributed by atoms with E-state index in [1.54, 1.807) is 24.3 Å². The number of ether oxygens (including phenoxy) is 1. The molecule has 9 heteroatoms. The molecule has 1 amide bonds. The quantitative estimate of drug-likeness (QED) is 0.745. The Morgan fingerprint density at radius 2 is 2.12 bits per heavy atom. The lowest BCUT2D eigenvalue weighted by Crippen LogP contribution is -2.32. The van der Waals surface area contributed by atoms with E-state index in [1.807, 2.05) is 5.38 Å². The Morgan fingerprint density at radius 1 is 1.35 bits per heavy atom. The summed E-state index contributed by atoms with van der Waals surface area (Å²) in [6.07, 6.45) is 3.56. The van der Waals surface area contributed by atoms with Crippen LogP contribution in [-0.4, -0.2) is 44.8 Å². The van der Waals surface area contributed by atoms with Gasteiger partial charge >= 0.3 is 0 Å². The molecule has 1 fully saturated rings. The van der Waals surface area contributed by atoms with Crippen LogP contribution in [0.1, 0.15) is 18.5 Å². The number of rotatable bonds is 7. The van der Waals surface area contributed by atoms with Crippen LogP contribution in [0.25, 0.3) is 0 Å². The number of thiazole rings is 1. The van der Waals surface area contributed by atoms with Gasteiger partial charge in [0.2, 0.25) is 5.91 Å². The van der Waals surface area contributed by atoms with Crippen LogP contribution in [-0.2, 0) is 25.8 Å². The van der Waals surface area contributed by atoms with Crippen LogP contribution in [0.3, 0.4) is 0 Å². The summed E-state index contributed by atoms with van der Waals surface area (Å²) in [7, 11) is -3.21. The Bertz CT molecular complexity index is 856. The van der Waals surface area contributed by atoms with Crippen LogP contribution in [0.5, 0.6) is 0 Å². The van der Waals surface area contributed by atoms with Gasteiger partial charge in [0.05, 0.1) is 23.1 Å². The number of nitrogens with one attached hydrogen (secondary N) is 2. The molecule has 140 valence electrons. The van der Waals surface area contributed by atoms with Gasteiger partial charge in [-0.05, 0) is 37.1 Å². The van der Waals surface area contributed by atoms with Crippen molar-refractivity contribution in [2.24, 2.45) is 0 Å². The molecule has 0 bridgehead atoms. The summed E-state index contributed by atoms with van der Waals surface area (Å²) in [5, 5.41) is 8.47. The summed E-state index contributed by atoms with van der Waals surface area (Å²) in [4.78, 5) is 16.7. The molecule has 0 aliphatic carbocycles. The van der Waals surface area contributed by atoms with E-state index in [1.165, 1.54) is 17.6 Å². The largest absolute Gasteiger partial charge is 0.376 e. The van der Waals surface area contributed by atoms with Gasteiger partial charge < -0.3 is 15.4 Å². The van der Waals surface area contributed by atoms with E-state index >= 15 is 0 Å². The highest BCUT2D eigenvalue weighted by Crippen LogP contribution is 2.22. The zero-order chi connectivity index (χ0) is 18.6. The molecule has 1 aliphatic heterocycles. The number of hydrogen-bond acceptors (Lipinski definition) is 7. The Morgan fingerprint density at radius 3 is 2.77 bits per heavy atom. The fraction of sp³-hybridized carbons (Fsp3) is 0.412. The second-order valence-corrected chi connectivity index (χ2v) is 9.06. The van der Waals surface area contributed by atoms with Crippen LogP contribution in [0.15, 0.2) is 34.5 Å². The molecule has 7 nitrogen and oxygen atoms in total. The molecule has 2 aromatic rings. The lowest BCUT2D eigenvalue weighted by molar-refractivity contribution is -0.121.